The van der Waals surface area contributed by atoms with Crippen LogP contribution in [0.15, 0.2) is 39.0 Å². The van der Waals surface area contributed by atoms with Crippen LogP contribution in [0.2, 0.25) is 0 Å². The van der Waals surface area contributed by atoms with Crippen molar-refractivity contribution in [3.63, 3.8) is 0 Å². The van der Waals surface area contributed by atoms with Gasteiger partial charge in [0.05, 0.1) is 0 Å². The molecule has 31 heavy (non-hydrogen) atoms. The Morgan fingerprint density at radius 2 is 2.06 bits per heavy atom. The van der Waals surface area contributed by atoms with Gasteiger partial charge in [0.2, 0.25) is 5.95 Å². The van der Waals surface area contributed by atoms with Crippen molar-refractivity contribution >= 4 is 47.9 Å². The molecule has 0 bridgehead atoms. The maximum atomic E-state index is 12.2. The number of benzene rings is 1. The van der Waals surface area contributed by atoms with Gasteiger partial charge in [-0.2, -0.15) is 4.98 Å². The molecule has 1 aromatic heterocycles. The van der Waals surface area contributed by atoms with Crippen molar-refractivity contribution in [2.45, 2.75) is 32.2 Å². The lowest BCUT2D eigenvalue weighted by Crippen LogP contribution is -2.40. The van der Waals surface area contributed by atoms with Crippen molar-refractivity contribution in [3.05, 3.63) is 40.2 Å². The summed E-state index contributed by atoms with van der Waals surface area (Å²) in [6.45, 7) is 5.71. The number of anilines is 2. The monoisotopic (exact) mass is 427 g/mol. The van der Waals surface area contributed by atoms with Gasteiger partial charge in [0.15, 0.2) is 11.5 Å². The molecule has 0 aliphatic carbocycles. The fourth-order valence-corrected chi connectivity index (χ4v) is 2.66. The Balaban J connectivity index is 1.88. The van der Waals surface area contributed by atoms with Crippen LogP contribution in [-0.2, 0) is 4.79 Å². The molecule has 6 N–H and O–H groups in total. The Morgan fingerprint density at radius 3 is 2.68 bits per heavy atom. The third kappa shape index (κ3) is 6.77. The molecule has 2 aromatic rings. The van der Waals surface area contributed by atoms with Gasteiger partial charge in [-0.3, -0.25) is 19.6 Å². The van der Waals surface area contributed by atoms with Crippen LogP contribution in [0, 0.1) is 0 Å². The number of carboxylic acid groups (broad SMARTS) is 1. The first-order valence-electron chi connectivity index (χ1n) is 9.62. The minimum atomic E-state index is -1.05. The van der Waals surface area contributed by atoms with E-state index in [1.807, 2.05) is 6.92 Å². The number of aromatic amines is 1. The van der Waals surface area contributed by atoms with E-state index in [4.69, 9.17) is 10.8 Å². The Morgan fingerprint density at radius 1 is 1.35 bits per heavy atom. The zero-order chi connectivity index (χ0) is 22.8. The van der Waals surface area contributed by atoms with Gasteiger partial charge < -0.3 is 21.5 Å². The molecule has 164 valence electrons. The molecule has 1 amide bonds. The molecule has 0 aliphatic rings. The number of carboxylic acids is 1. The van der Waals surface area contributed by atoms with E-state index in [1.165, 1.54) is 0 Å². The van der Waals surface area contributed by atoms with E-state index < -0.39 is 23.5 Å². The lowest BCUT2D eigenvalue weighted by molar-refractivity contribution is -0.139. The molecule has 1 atom stereocenters. The Hall–Kier alpha value is -4.02. The molecule has 0 saturated carbocycles. The molecule has 11 nitrogen and oxygen atoms in total. The normalized spacial score (nSPS) is 11.8. The molecule has 1 unspecified atom stereocenters. The molecule has 0 saturated heterocycles. The maximum absolute atomic E-state index is 12.2. The number of carbonyl (C=O) groups excluding carboxylic acids is 1. The number of aliphatic carboxylic acids is 1. The van der Waals surface area contributed by atoms with Crippen LogP contribution < -0.4 is 21.9 Å². The highest BCUT2D eigenvalue weighted by atomic mass is 16.4. The molecule has 1 heterocycles. The van der Waals surface area contributed by atoms with Crippen molar-refractivity contribution in [2.24, 2.45) is 9.98 Å². The third-order valence-corrected chi connectivity index (χ3v) is 4.20. The van der Waals surface area contributed by atoms with Gasteiger partial charge in [0.1, 0.15) is 6.04 Å². The smallest absolute Gasteiger partial charge is 0.326 e. The highest BCUT2D eigenvalue weighted by Crippen LogP contribution is 2.20. The zero-order valence-corrected chi connectivity index (χ0v) is 17.1. The summed E-state index contributed by atoms with van der Waals surface area (Å²) < 4.78 is 0. The SMILES string of the molecule is C=Nc1c(/N=C\CCNc2ccc(C(=O)NC(CCC)C(=O)O)cc2)nc(N)[nH]c1=O. The van der Waals surface area contributed by atoms with Crippen molar-refractivity contribution in [1.29, 1.82) is 0 Å². The summed E-state index contributed by atoms with van der Waals surface area (Å²) >= 11 is 0. The fraction of sp³-hybridized carbons (Fsp3) is 0.300. The summed E-state index contributed by atoms with van der Waals surface area (Å²) in [6, 6.07) is 5.76. The molecule has 0 aliphatic heterocycles. The standard InChI is InChI=1S/C20H25N7O4/c1-3-5-14(19(30)31)25-17(28)12-6-8-13(9-7-12)23-10-4-11-24-16-15(22-2)18(29)27-20(21)26-16/h6-9,11,14,23H,2-5,10H2,1H3,(H,25,28)(H,30,31)(H3,21,26,27,29)/b24-11-. The van der Waals surface area contributed by atoms with Gasteiger partial charge in [0.25, 0.3) is 11.5 Å². The fourth-order valence-electron chi connectivity index (χ4n) is 2.66. The first kappa shape index (κ1) is 23.3. The van der Waals surface area contributed by atoms with Gasteiger partial charge in [0, 0.05) is 30.4 Å². The van der Waals surface area contributed by atoms with Crippen LogP contribution in [0.25, 0.3) is 0 Å². The molecule has 0 fully saturated rings. The topological polar surface area (TPSA) is 175 Å². The van der Waals surface area contributed by atoms with Gasteiger partial charge >= 0.3 is 5.97 Å². The van der Waals surface area contributed by atoms with Gasteiger partial charge in [-0.05, 0) is 37.4 Å². The molecule has 0 radical (unpaired) electrons. The predicted molar refractivity (Wildman–Crippen MR) is 120 cm³/mol. The summed E-state index contributed by atoms with van der Waals surface area (Å²) in [4.78, 5) is 49.1. The Labute approximate surface area is 178 Å². The number of nitrogens with zero attached hydrogens (tertiary/aromatic N) is 3. The average molecular weight is 427 g/mol. The van der Waals surface area contributed by atoms with Crippen LogP contribution >= 0.6 is 0 Å². The minimum Gasteiger partial charge on any atom is -0.480 e. The molecule has 1 aromatic carbocycles. The van der Waals surface area contributed by atoms with Crippen LogP contribution in [0.4, 0.5) is 23.1 Å². The predicted octanol–water partition coefficient (Wildman–Crippen LogP) is 1.87. The lowest BCUT2D eigenvalue weighted by Gasteiger charge is -2.13. The third-order valence-electron chi connectivity index (χ3n) is 4.20. The second-order valence-corrected chi connectivity index (χ2v) is 6.54. The zero-order valence-electron chi connectivity index (χ0n) is 17.1. The largest absolute Gasteiger partial charge is 0.480 e. The number of amides is 1. The first-order valence-corrected chi connectivity index (χ1v) is 9.62. The van der Waals surface area contributed by atoms with Crippen molar-refractivity contribution in [3.8, 4) is 0 Å². The Bertz CT molecular complexity index is 1020. The first-order chi connectivity index (χ1) is 14.8. The minimum absolute atomic E-state index is 0.00338. The summed E-state index contributed by atoms with van der Waals surface area (Å²) in [5.41, 5.74) is 6.14. The van der Waals surface area contributed by atoms with Crippen LogP contribution in [0.5, 0.6) is 0 Å². The lowest BCUT2D eigenvalue weighted by atomic mass is 10.1. The molecule has 0 spiro atoms. The van der Waals surface area contributed by atoms with E-state index in [0.29, 0.717) is 31.4 Å². The quantitative estimate of drug-likeness (QED) is 0.268. The van der Waals surface area contributed by atoms with Crippen molar-refractivity contribution < 1.29 is 14.7 Å². The molecule has 11 heteroatoms. The van der Waals surface area contributed by atoms with Crippen LogP contribution in [-0.4, -0.2) is 52.5 Å². The van der Waals surface area contributed by atoms with E-state index in [9.17, 15) is 14.4 Å². The molecule has 2 rings (SSSR count). The molecular formula is C20H25N7O4. The second-order valence-electron chi connectivity index (χ2n) is 6.54. The number of nitrogens with two attached hydrogens (primary N) is 1. The number of nitrogen functional groups attached to an aromatic ring is 1. The van der Waals surface area contributed by atoms with E-state index in [0.717, 1.165) is 5.69 Å². The number of hydrogen-bond donors (Lipinski definition) is 5. The van der Waals surface area contributed by atoms with Gasteiger partial charge in [-0.25, -0.2) is 9.79 Å². The number of hydrogen-bond acceptors (Lipinski definition) is 8. The van der Waals surface area contributed by atoms with E-state index in [1.54, 1.807) is 30.5 Å². The maximum Gasteiger partial charge on any atom is 0.326 e. The summed E-state index contributed by atoms with van der Waals surface area (Å²) in [6.07, 6.45) is 3.11. The van der Waals surface area contributed by atoms with Crippen molar-refractivity contribution in [1.82, 2.24) is 15.3 Å². The second kappa shape index (κ2) is 11.2. The van der Waals surface area contributed by atoms with Crippen molar-refractivity contribution in [2.75, 3.05) is 17.6 Å². The van der Waals surface area contributed by atoms with Crippen LogP contribution in [0.1, 0.15) is 36.5 Å². The average Bonchev–Trinajstić information content (AvgIpc) is 2.73. The summed E-state index contributed by atoms with van der Waals surface area (Å²) in [7, 11) is 0. The highest BCUT2D eigenvalue weighted by Gasteiger charge is 2.19. The number of carbonyl (C=O) groups is 2. The van der Waals surface area contributed by atoms with E-state index in [2.05, 4.69) is 37.3 Å². The van der Waals surface area contributed by atoms with Crippen LogP contribution in [0.3, 0.4) is 0 Å². The van der Waals surface area contributed by atoms with E-state index >= 15 is 0 Å². The van der Waals surface area contributed by atoms with E-state index in [-0.39, 0.29) is 17.5 Å². The number of nitrogens with one attached hydrogen (secondary N) is 3. The number of aliphatic imine (C=N–C) groups is 2. The van der Waals surface area contributed by atoms with Gasteiger partial charge in [-0.15, -0.1) is 0 Å². The number of aromatic nitrogens is 2. The molecular weight excluding hydrogens is 402 g/mol. The summed E-state index contributed by atoms with van der Waals surface area (Å²) in [5, 5.41) is 14.8. The highest BCUT2D eigenvalue weighted by molar-refractivity contribution is 5.96. The number of H-pyrrole nitrogens is 1. The Kier molecular flexibility index (Phi) is 8.43. The van der Waals surface area contributed by atoms with Gasteiger partial charge in [-0.1, -0.05) is 13.3 Å². The number of rotatable bonds is 11. The summed E-state index contributed by atoms with van der Waals surface area (Å²) in [5.74, 6) is -1.45.